The second kappa shape index (κ2) is 4.73. The second-order valence-electron chi connectivity index (χ2n) is 4.51. The van der Waals surface area contributed by atoms with Gasteiger partial charge in [-0.05, 0) is 26.3 Å². The third-order valence-electron chi connectivity index (χ3n) is 3.13. The Labute approximate surface area is 101 Å². The standard InChI is InChI=1S/C11H18ClN3O/c1-8-10(11(12)14(2)13-8)7-15-5-3-4-9(16)6-15/h9,16H,3-7H2,1-2H3. The molecule has 1 aliphatic rings. The van der Waals surface area contributed by atoms with Gasteiger partial charge >= 0.3 is 0 Å². The van der Waals surface area contributed by atoms with Crippen LogP contribution in [0.1, 0.15) is 24.1 Å². The van der Waals surface area contributed by atoms with Gasteiger partial charge in [-0.1, -0.05) is 11.6 Å². The predicted molar refractivity (Wildman–Crippen MR) is 63.5 cm³/mol. The first kappa shape index (κ1) is 11.9. The topological polar surface area (TPSA) is 41.3 Å². The minimum absolute atomic E-state index is 0.190. The number of halogens is 1. The molecular weight excluding hydrogens is 226 g/mol. The van der Waals surface area contributed by atoms with E-state index in [9.17, 15) is 5.11 Å². The molecule has 0 spiro atoms. The molecule has 0 bridgehead atoms. The third-order valence-corrected chi connectivity index (χ3v) is 3.60. The normalized spacial score (nSPS) is 22.6. The maximum absolute atomic E-state index is 9.61. The summed E-state index contributed by atoms with van der Waals surface area (Å²) in [6, 6.07) is 0. The summed E-state index contributed by atoms with van der Waals surface area (Å²) in [7, 11) is 1.85. The molecule has 0 saturated carbocycles. The number of β-amino-alcohol motifs (C(OH)–C–C–N with tert-alkyl or cyclic N) is 1. The molecule has 1 N–H and O–H groups in total. The molecule has 1 atom stereocenters. The molecule has 5 heteroatoms. The van der Waals surface area contributed by atoms with Crippen LogP contribution in [0.5, 0.6) is 0 Å². The lowest BCUT2D eigenvalue weighted by Crippen LogP contribution is -2.37. The van der Waals surface area contributed by atoms with Gasteiger partial charge in [0.1, 0.15) is 5.15 Å². The molecular formula is C11H18ClN3O. The van der Waals surface area contributed by atoms with E-state index in [1.807, 2.05) is 14.0 Å². The van der Waals surface area contributed by atoms with Gasteiger partial charge in [-0.25, -0.2) is 0 Å². The zero-order chi connectivity index (χ0) is 11.7. The van der Waals surface area contributed by atoms with E-state index in [-0.39, 0.29) is 6.10 Å². The maximum Gasteiger partial charge on any atom is 0.131 e. The van der Waals surface area contributed by atoms with E-state index < -0.39 is 0 Å². The van der Waals surface area contributed by atoms with E-state index in [2.05, 4.69) is 10.00 Å². The summed E-state index contributed by atoms with van der Waals surface area (Å²) in [4.78, 5) is 2.24. The van der Waals surface area contributed by atoms with Crippen LogP contribution in [0.2, 0.25) is 5.15 Å². The van der Waals surface area contributed by atoms with Gasteiger partial charge in [0, 0.05) is 25.7 Å². The van der Waals surface area contributed by atoms with E-state index >= 15 is 0 Å². The maximum atomic E-state index is 9.61. The fourth-order valence-corrected chi connectivity index (χ4v) is 2.49. The molecule has 2 heterocycles. The van der Waals surface area contributed by atoms with Crippen LogP contribution in [0, 0.1) is 6.92 Å². The first-order chi connectivity index (χ1) is 7.58. The molecule has 4 nitrogen and oxygen atoms in total. The summed E-state index contributed by atoms with van der Waals surface area (Å²) >= 11 is 6.18. The Hall–Kier alpha value is -0.580. The molecule has 1 unspecified atom stereocenters. The van der Waals surface area contributed by atoms with Crippen LogP contribution < -0.4 is 0 Å². The highest BCUT2D eigenvalue weighted by Crippen LogP contribution is 2.22. The molecule has 16 heavy (non-hydrogen) atoms. The minimum Gasteiger partial charge on any atom is -0.392 e. The van der Waals surface area contributed by atoms with Crippen LogP contribution >= 0.6 is 11.6 Å². The lowest BCUT2D eigenvalue weighted by atomic mass is 10.1. The fraction of sp³-hybridized carbons (Fsp3) is 0.727. The highest BCUT2D eigenvalue weighted by Gasteiger charge is 2.20. The van der Waals surface area contributed by atoms with Gasteiger partial charge in [0.15, 0.2) is 0 Å². The predicted octanol–water partition coefficient (Wildman–Crippen LogP) is 1.34. The van der Waals surface area contributed by atoms with Crippen molar-refractivity contribution >= 4 is 11.6 Å². The number of rotatable bonds is 2. The SMILES string of the molecule is Cc1nn(C)c(Cl)c1CN1CCCC(O)C1. The molecule has 1 aliphatic heterocycles. The molecule has 1 saturated heterocycles. The van der Waals surface area contributed by atoms with Crippen molar-refractivity contribution in [3.05, 3.63) is 16.4 Å². The van der Waals surface area contributed by atoms with Crippen LogP contribution in [0.15, 0.2) is 0 Å². The number of aromatic nitrogens is 2. The minimum atomic E-state index is -0.190. The molecule has 0 aliphatic carbocycles. The number of aryl methyl sites for hydroxylation is 2. The summed E-state index contributed by atoms with van der Waals surface area (Å²) in [5.74, 6) is 0. The van der Waals surface area contributed by atoms with E-state index in [4.69, 9.17) is 11.6 Å². The lowest BCUT2D eigenvalue weighted by molar-refractivity contribution is 0.0667. The molecule has 2 rings (SSSR count). The van der Waals surface area contributed by atoms with Gasteiger partial charge in [-0.2, -0.15) is 5.10 Å². The fourth-order valence-electron chi connectivity index (χ4n) is 2.25. The van der Waals surface area contributed by atoms with Crippen molar-refractivity contribution in [2.75, 3.05) is 13.1 Å². The number of aliphatic hydroxyl groups excluding tert-OH is 1. The summed E-state index contributed by atoms with van der Waals surface area (Å²) in [6.07, 6.45) is 1.78. The Balaban J connectivity index is 2.08. The first-order valence-corrected chi connectivity index (χ1v) is 6.04. The number of nitrogens with zero attached hydrogens (tertiary/aromatic N) is 3. The Bertz CT molecular complexity index is 378. The number of aliphatic hydroxyl groups is 1. The number of piperidine rings is 1. The number of hydrogen-bond acceptors (Lipinski definition) is 3. The van der Waals surface area contributed by atoms with Crippen molar-refractivity contribution in [2.45, 2.75) is 32.4 Å². The van der Waals surface area contributed by atoms with Crippen LogP contribution in [0.25, 0.3) is 0 Å². The number of hydrogen-bond donors (Lipinski definition) is 1. The first-order valence-electron chi connectivity index (χ1n) is 5.66. The lowest BCUT2D eigenvalue weighted by Gasteiger charge is -2.29. The van der Waals surface area contributed by atoms with Gasteiger partial charge < -0.3 is 5.11 Å². The Morgan fingerprint density at radius 1 is 1.56 bits per heavy atom. The van der Waals surface area contributed by atoms with Crippen molar-refractivity contribution in [3.63, 3.8) is 0 Å². The zero-order valence-corrected chi connectivity index (χ0v) is 10.5. The average Bonchev–Trinajstić information content (AvgIpc) is 2.45. The van der Waals surface area contributed by atoms with E-state index in [0.717, 1.165) is 43.7 Å². The van der Waals surface area contributed by atoms with Crippen molar-refractivity contribution in [1.29, 1.82) is 0 Å². The van der Waals surface area contributed by atoms with Crippen LogP contribution in [0.3, 0.4) is 0 Å². The van der Waals surface area contributed by atoms with Gasteiger partial charge in [0.2, 0.25) is 0 Å². The Morgan fingerprint density at radius 2 is 2.31 bits per heavy atom. The Kier molecular flexibility index (Phi) is 3.52. The van der Waals surface area contributed by atoms with Crippen LogP contribution in [-0.4, -0.2) is 39.0 Å². The van der Waals surface area contributed by atoms with E-state index in [1.54, 1.807) is 4.68 Å². The largest absolute Gasteiger partial charge is 0.392 e. The van der Waals surface area contributed by atoms with Crippen LogP contribution in [0.4, 0.5) is 0 Å². The highest BCUT2D eigenvalue weighted by atomic mass is 35.5. The van der Waals surface area contributed by atoms with Crippen molar-refractivity contribution in [1.82, 2.24) is 14.7 Å². The Morgan fingerprint density at radius 3 is 2.88 bits per heavy atom. The van der Waals surface area contributed by atoms with Crippen molar-refractivity contribution in [3.8, 4) is 0 Å². The summed E-state index contributed by atoms with van der Waals surface area (Å²) < 4.78 is 1.70. The van der Waals surface area contributed by atoms with Crippen molar-refractivity contribution < 1.29 is 5.11 Å². The zero-order valence-electron chi connectivity index (χ0n) is 9.78. The molecule has 1 aromatic rings. The smallest absolute Gasteiger partial charge is 0.131 e. The summed E-state index contributed by atoms with van der Waals surface area (Å²) in [6.45, 7) is 4.53. The molecule has 90 valence electrons. The average molecular weight is 244 g/mol. The van der Waals surface area contributed by atoms with E-state index in [0.29, 0.717) is 5.15 Å². The molecule has 0 aromatic carbocycles. The quantitative estimate of drug-likeness (QED) is 0.852. The van der Waals surface area contributed by atoms with E-state index in [1.165, 1.54) is 0 Å². The van der Waals surface area contributed by atoms with Gasteiger partial charge in [-0.15, -0.1) is 0 Å². The molecule has 1 fully saturated rings. The monoisotopic (exact) mass is 243 g/mol. The highest BCUT2D eigenvalue weighted by molar-refractivity contribution is 6.30. The molecule has 0 amide bonds. The molecule has 1 aromatic heterocycles. The molecule has 0 radical (unpaired) electrons. The van der Waals surface area contributed by atoms with Gasteiger partial charge in [0.05, 0.1) is 11.8 Å². The third kappa shape index (κ3) is 2.39. The summed E-state index contributed by atoms with van der Waals surface area (Å²) in [5.41, 5.74) is 2.06. The van der Waals surface area contributed by atoms with Gasteiger partial charge in [-0.3, -0.25) is 9.58 Å². The van der Waals surface area contributed by atoms with Crippen molar-refractivity contribution in [2.24, 2.45) is 7.05 Å². The summed E-state index contributed by atoms with van der Waals surface area (Å²) in [5, 5.41) is 14.6. The van der Waals surface area contributed by atoms with Crippen LogP contribution in [-0.2, 0) is 13.6 Å². The van der Waals surface area contributed by atoms with Gasteiger partial charge in [0.25, 0.3) is 0 Å². The number of likely N-dealkylation sites (tertiary alicyclic amines) is 1. The second-order valence-corrected chi connectivity index (χ2v) is 4.87.